The van der Waals surface area contributed by atoms with Gasteiger partial charge in [0, 0.05) is 44.0 Å². The minimum atomic E-state index is -4.44. The van der Waals surface area contributed by atoms with Gasteiger partial charge in [0.2, 0.25) is 5.91 Å². The van der Waals surface area contributed by atoms with Crippen LogP contribution >= 0.6 is 11.6 Å². The molecule has 1 amide bonds. The molecule has 0 radical (unpaired) electrons. The van der Waals surface area contributed by atoms with E-state index < -0.39 is 11.7 Å². The number of hydrogen-bond donors (Lipinski definition) is 3. The number of carbonyl (C=O) groups is 1. The quantitative estimate of drug-likeness (QED) is 0.241. The van der Waals surface area contributed by atoms with Crippen molar-refractivity contribution in [3.8, 4) is 39.7 Å². The number of piperazine rings is 1. The molecule has 0 unspecified atom stereocenters. The number of halogens is 4. The van der Waals surface area contributed by atoms with Crippen molar-refractivity contribution in [2.24, 2.45) is 0 Å². The molecule has 5 rings (SSSR count). The van der Waals surface area contributed by atoms with Crippen LogP contribution in [0.15, 0.2) is 71.3 Å². The highest BCUT2D eigenvalue weighted by Gasteiger charge is 2.31. The first-order valence-corrected chi connectivity index (χ1v) is 12.8. The first-order chi connectivity index (χ1) is 19.5. The highest BCUT2D eigenvalue weighted by atomic mass is 35.5. The van der Waals surface area contributed by atoms with Gasteiger partial charge in [0.05, 0.1) is 21.7 Å². The van der Waals surface area contributed by atoms with Gasteiger partial charge in [-0.1, -0.05) is 35.0 Å². The average molecular weight is 586 g/mol. The number of alkyl halides is 3. The van der Waals surface area contributed by atoms with Crippen molar-refractivity contribution in [2.45, 2.75) is 6.18 Å². The highest BCUT2D eigenvalue weighted by Crippen LogP contribution is 2.43. The summed E-state index contributed by atoms with van der Waals surface area (Å²) in [6, 6.07) is 13.6. The van der Waals surface area contributed by atoms with E-state index in [0.717, 1.165) is 18.2 Å². The Morgan fingerprint density at radius 1 is 0.951 bits per heavy atom. The van der Waals surface area contributed by atoms with E-state index in [-0.39, 0.29) is 45.2 Å². The number of aromatic nitrogens is 1. The first kappa shape index (κ1) is 27.9. The number of benzene rings is 3. The van der Waals surface area contributed by atoms with Gasteiger partial charge < -0.3 is 29.6 Å². The first-order valence-electron chi connectivity index (χ1n) is 12.4. The van der Waals surface area contributed by atoms with E-state index in [1.807, 2.05) is 0 Å². The molecule has 212 valence electrons. The third-order valence-electron chi connectivity index (χ3n) is 6.70. The van der Waals surface area contributed by atoms with Crippen molar-refractivity contribution in [3.63, 3.8) is 0 Å². The standard InChI is InChI=1S/C29H23ClF3N3O5/c30-22-15-21(24(38)16-25(22)39)28-27(17-4-6-20(37)7-5-17)23(34-41-28)8-9-26(40)36-12-10-35(11-13-36)19-3-1-2-18(14-19)29(31,32)33/h1-9,14-16,37-39H,10-13H2/b9-8+. The predicted molar refractivity (Wildman–Crippen MR) is 147 cm³/mol. The molecule has 3 N–H and O–H groups in total. The maximum atomic E-state index is 13.1. The summed E-state index contributed by atoms with van der Waals surface area (Å²) >= 11 is 6.05. The van der Waals surface area contributed by atoms with Gasteiger partial charge in [0.25, 0.3) is 0 Å². The monoisotopic (exact) mass is 585 g/mol. The predicted octanol–water partition coefficient (Wildman–Crippen LogP) is 6.16. The fourth-order valence-electron chi connectivity index (χ4n) is 4.56. The van der Waals surface area contributed by atoms with Crippen LogP contribution in [0.3, 0.4) is 0 Å². The summed E-state index contributed by atoms with van der Waals surface area (Å²) in [6.07, 6.45) is -1.67. The third kappa shape index (κ3) is 5.94. The van der Waals surface area contributed by atoms with Crippen LogP contribution in [0.1, 0.15) is 11.3 Å². The van der Waals surface area contributed by atoms with Crippen LogP contribution in [0.2, 0.25) is 5.02 Å². The Labute approximate surface area is 237 Å². The molecule has 1 aliphatic heterocycles. The summed E-state index contributed by atoms with van der Waals surface area (Å²) in [5.41, 5.74) is 1.08. The van der Waals surface area contributed by atoms with Crippen molar-refractivity contribution in [1.29, 1.82) is 0 Å². The second-order valence-electron chi connectivity index (χ2n) is 9.33. The largest absolute Gasteiger partial charge is 0.508 e. The molecule has 0 spiro atoms. The van der Waals surface area contributed by atoms with Crippen LogP contribution in [-0.4, -0.2) is 57.5 Å². The molecule has 0 saturated carbocycles. The van der Waals surface area contributed by atoms with Crippen LogP contribution in [0, 0.1) is 0 Å². The van der Waals surface area contributed by atoms with Gasteiger partial charge in [-0.25, -0.2) is 0 Å². The lowest BCUT2D eigenvalue weighted by Crippen LogP contribution is -2.48. The summed E-state index contributed by atoms with van der Waals surface area (Å²) in [7, 11) is 0. The Bertz CT molecular complexity index is 1610. The van der Waals surface area contributed by atoms with E-state index in [4.69, 9.17) is 16.1 Å². The molecular weight excluding hydrogens is 563 g/mol. The van der Waals surface area contributed by atoms with E-state index >= 15 is 0 Å². The molecule has 12 heteroatoms. The second kappa shape index (κ2) is 11.1. The van der Waals surface area contributed by atoms with Gasteiger partial charge in [0.1, 0.15) is 22.9 Å². The number of aromatic hydroxyl groups is 3. The zero-order valence-electron chi connectivity index (χ0n) is 21.3. The lowest BCUT2D eigenvalue weighted by Gasteiger charge is -2.35. The maximum absolute atomic E-state index is 13.1. The van der Waals surface area contributed by atoms with Crippen molar-refractivity contribution < 1.29 is 37.8 Å². The van der Waals surface area contributed by atoms with Crippen LogP contribution in [-0.2, 0) is 11.0 Å². The van der Waals surface area contributed by atoms with E-state index in [9.17, 15) is 33.3 Å². The molecule has 1 aromatic heterocycles. The van der Waals surface area contributed by atoms with Gasteiger partial charge in [-0.2, -0.15) is 13.2 Å². The number of carbonyl (C=O) groups excluding carboxylic acids is 1. The van der Waals surface area contributed by atoms with E-state index in [2.05, 4.69) is 5.16 Å². The molecule has 1 saturated heterocycles. The molecule has 1 fully saturated rings. The van der Waals surface area contributed by atoms with Gasteiger partial charge in [-0.3, -0.25) is 4.79 Å². The highest BCUT2D eigenvalue weighted by molar-refractivity contribution is 6.32. The summed E-state index contributed by atoms with van der Waals surface area (Å²) < 4.78 is 44.9. The Morgan fingerprint density at radius 2 is 1.66 bits per heavy atom. The topological polar surface area (TPSA) is 110 Å². The fourth-order valence-corrected chi connectivity index (χ4v) is 4.72. The number of rotatable bonds is 5. The molecular formula is C29H23ClF3N3O5. The summed E-state index contributed by atoms with van der Waals surface area (Å²) in [5.74, 6) is -0.813. The third-order valence-corrected chi connectivity index (χ3v) is 7.00. The summed E-state index contributed by atoms with van der Waals surface area (Å²) in [6.45, 7) is 1.31. The lowest BCUT2D eigenvalue weighted by atomic mass is 9.98. The molecule has 41 heavy (non-hydrogen) atoms. The minimum absolute atomic E-state index is 0.0256. The van der Waals surface area contributed by atoms with Crippen molar-refractivity contribution in [3.05, 3.63) is 83.0 Å². The number of phenolic OH excluding ortho intramolecular Hbond substituents is 3. The molecule has 8 nitrogen and oxygen atoms in total. The number of hydrogen-bond acceptors (Lipinski definition) is 7. The Morgan fingerprint density at radius 3 is 2.34 bits per heavy atom. The number of nitrogens with zero attached hydrogens (tertiary/aromatic N) is 3. The van der Waals surface area contributed by atoms with Gasteiger partial charge >= 0.3 is 6.18 Å². The Balaban J connectivity index is 1.37. The summed E-state index contributed by atoms with van der Waals surface area (Å²) in [4.78, 5) is 16.4. The fraction of sp³-hybridized carbons (Fsp3) is 0.172. The van der Waals surface area contributed by atoms with Gasteiger partial charge in [0.15, 0.2) is 5.76 Å². The normalized spacial score (nSPS) is 14.1. The van der Waals surface area contributed by atoms with Gasteiger partial charge in [-0.05, 0) is 48.0 Å². The molecule has 1 aliphatic rings. The van der Waals surface area contributed by atoms with Gasteiger partial charge in [-0.15, -0.1) is 0 Å². The smallest absolute Gasteiger partial charge is 0.416 e. The zero-order chi connectivity index (χ0) is 29.3. The van der Waals surface area contributed by atoms with E-state index in [1.54, 1.807) is 28.0 Å². The Kier molecular flexibility index (Phi) is 7.55. The van der Waals surface area contributed by atoms with E-state index in [0.29, 0.717) is 43.0 Å². The van der Waals surface area contributed by atoms with Crippen LogP contribution in [0.5, 0.6) is 17.2 Å². The van der Waals surface area contributed by atoms with Crippen molar-refractivity contribution in [2.75, 3.05) is 31.1 Å². The molecule has 0 aliphatic carbocycles. The number of phenols is 3. The molecule has 0 atom stereocenters. The van der Waals surface area contributed by atoms with Crippen LogP contribution < -0.4 is 4.90 Å². The molecule has 2 heterocycles. The lowest BCUT2D eigenvalue weighted by molar-refractivity contribution is -0.137. The zero-order valence-corrected chi connectivity index (χ0v) is 22.0. The molecule has 0 bridgehead atoms. The van der Waals surface area contributed by atoms with Crippen molar-refractivity contribution >= 4 is 29.3 Å². The van der Waals surface area contributed by atoms with E-state index in [1.165, 1.54) is 36.4 Å². The number of anilines is 1. The van der Waals surface area contributed by atoms with Crippen molar-refractivity contribution in [1.82, 2.24) is 10.1 Å². The maximum Gasteiger partial charge on any atom is 0.416 e. The minimum Gasteiger partial charge on any atom is -0.508 e. The Hall–Kier alpha value is -4.64. The second-order valence-corrected chi connectivity index (χ2v) is 9.74. The van der Waals surface area contributed by atoms with Crippen LogP contribution in [0.4, 0.5) is 18.9 Å². The van der Waals surface area contributed by atoms with Crippen LogP contribution in [0.25, 0.3) is 28.5 Å². The number of amides is 1. The molecule has 4 aromatic rings. The SMILES string of the molecule is O=C(/C=C/c1noc(-c2cc(Cl)c(O)cc2O)c1-c1ccc(O)cc1)N1CCN(c2cccc(C(F)(F)F)c2)CC1. The average Bonchev–Trinajstić information content (AvgIpc) is 3.37. The summed E-state index contributed by atoms with van der Waals surface area (Å²) in [5, 5.41) is 34.1. The molecule has 3 aromatic carbocycles.